The molecule has 8 aromatic rings. The van der Waals surface area contributed by atoms with Crippen molar-refractivity contribution >= 4 is 367 Å². The Hall–Kier alpha value is 2.70. The van der Waals surface area contributed by atoms with Crippen LogP contribution in [0.25, 0.3) is 0 Å². The minimum absolute atomic E-state index is 0.379. The van der Waals surface area contributed by atoms with Crippen LogP contribution >= 0.6 is 255 Å². The summed E-state index contributed by atoms with van der Waals surface area (Å²) in [5.41, 5.74) is 0. The third-order valence-corrected chi connectivity index (χ3v) is 60.1. The van der Waals surface area contributed by atoms with Gasteiger partial charge in [-0.05, 0) is 146 Å². The molecule has 0 aromatic heterocycles. The lowest BCUT2D eigenvalue weighted by molar-refractivity contribution is -0.00323. The summed E-state index contributed by atoms with van der Waals surface area (Å²) in [4.78, 5) is 0. The summed E-state index contributed by atoms with van der Waals surface area (Å²) in [6.45, 7) is 0. The maximum atomic E-state index is 8.50. The zero-order valence-electron chi connectivity index (χ0n) is 40.8. The summed E-state index contributed by atoms with van der Waals surface area (Å²) < 4.78 is 111. The van der Waals surface area contributed by atoms with Crippen LogP contribution in [-0.2, 0) is 49.4 Å². The van der Waals surface area contributed by atoms with Gasteiger partial charge in [-0.25, -0.2) is 0 Å². The van der Waals surface area contributed by atoms with Crippen molar-refractivity contribution in [3.63, 3.8) is 0 Å². The molecule has 6 aliphatic rings. The summed E-state index contributed by atoms with van der Waals surface area (Å²) in [7, 11) is -42.3. The van der Waals surface area contributed by atoms with Gasteiger partial charge in [-0.1, -0.05) is 255 Å². The molecule has 12 nitrogen and oxygen atoms in total. The second-order valence-corrected chi connectivity index (χ2v) is 55.8. The van der Waals surface area contributed by atoms with Gasteiger partial charge in [0.1, 0.15) is 0 Å². The fourth-order valence-electron chi connectivity index (χ4n) is 9.80. The largest absolute Gasteiger partial charge is 0.517 e. The van der Waals surface area contributed by atoms with Crippen molar-refractivity contribution in [3.8, 4) is 0 Å². The Morgan fingerprint density at radius 3 is 0.345 bits per heavy atom. The fourth-order valence-corrected chi connectivity index (χ4v) is 68.4. The summed E-state index contributed by atoms with van der Waals surface area (Å²) >= 11 is 62.8. The molecule has 14 rings (SSSR count). The van der Waals surface area contributed by atoms with Crippen molar-refractivity contribution < 1.29 is 49.4 Å². The predicted molar refractivity (Wildman–Crippen MR) is 391 cm³/mol. The standard InChI is InChI=1S/C48H24Br16O12Si8/c49-25-1-9-33(57)41(17-25)77-65-78(42-18-26(50)2-10-34(42)58)68-81(45-21-29(53)5-13-37(45)61)70-79(66-77,43-19-27(51)3-11-35(43)59)72-83(47-23-31(55)7-15-39(47)63)73-80(67-77,44-20-28(52)4-12-36(44)60)71-82(69-78,46-22-30(54)6-14-38(46)62)75-84(74-81,76-83)48-24-32(56)8-16-40(48)64/h1-24H. The van der Waals surface area contributed by atoms with Crippen LogP contribution in [0.1, 0.15) is 0 Å². The Morgan fingerprint density at radius 2 is 0.250 bits per heavy atom. The minimum atomic E-state index is -5.28. The van der Waals surface area contributed by atoms with Crippen molar-refractivity contribution in [3.05, 3.63) is 217 Å². The van der Waals surface area contributed by atoms with Crippen molar-refractivity contribution in [2.75, 3.05) is 0 Å². The normalized spacial score (nSPS) is 29.7. The van der Waals surface area contributed by atoms with Crippen molar-refractivity contribution in [1.82, 2.24) is 0 Å². The molecule has 6 saturated heterocycles. The first-order valence-electron chi connectivity index (χ1n) is 23.8. The molecule has 84 heavy (non-hydrogen) atoms. The molecule has 0 amide bonds. The molecular weight excluding hydrogens is 2270 g/mol. The van der Waals surface area contributed by atoms with E-state index in [1.54, 1.807) is 0 Å². The van der Waals surface area contributed by atoms with Gasteiger partial charge in [0.05, 0.1) is 0 Å². The maximum absolute atomic E-state index is 8.50. The molecule has 0 spiro atoms. The molecule has 0 atom stereocenters. The molecule has 36 heteroatoms. The molecule has 6 aliphatic heterocycles. The van der Waals surface area contributed by atoms with Crippen LogP contribution in [0.15, 0.2) is 217 Å². The summed E-state index contributed by atoms with van der Waals surface area (Å²) in [6.07, 6.45) is 0. The highest BCUT2D eigenvalue weighted by Gasteiger charge is 2.87. The number of hydrogen-bond donors (Lipinski definition) is 0. The van der Waals surface area contributed by atoms with E-state index in [0.29, 0.717) is 113 Å². The first-order valence-corrected chi connectivity index (χ1v) is 50.3. The van der Waals surface area contributed by atoms with E-state index in [-0.39, 0.29) is 0 Å². The van der Waals surface area contributed by atoms with E-state index in [4.69, 9.17) is 49.4 Å². The van der Waals surface area contributed by atoms with Crippen LogP contribution in [0, 0.1) is 0 Å². The predicted octanol–water partition coefficient (Wildman–Crippen LogP) is 15.2. The zero-order valence-corrected chi connectivity index (χ0v) is 74.2. The number of rotatable bonds is 8. The molecule has 0 N–H and O–H groups in total. The van der Waals surface area contributed by atoms with Gasteiger partial charge in [0.15, 0.2) is 0 Å². The number of benzene rings is 8. The van der Waals surface area contributed by atoms with Crippen molar-refractivity contribution in [1.29, 1.82) is 0 Å². The molecule has 6 fully saturated rings. The molecule has 0 saturated carbocycles. The van der Waals surface area contributed by atoms with E-state index in [9.17, 15) is 0 Å². The monoisotopic (exact) mass is 2280 g/mol. The van der Waals surface area contributed by atoms with Crippen LogP contribution in [-0.4, -0.2) is 70.4 Å². The molecule has 8 aromatic carbocycles. The smallest absolute Gasteiger partial charge is 0.366 e. The number of hydrogen-bond acceptors (Lipinski definition) is 12. The lowest BCUT2D eigenvalue weighted by Gasteiger charge is -2.63. The van der Waals surface area contributed by atoms with E-state index in [2.05, 4.69) is 255 Å². The van der Waals surface area contributed by atoms with E-state index in [1.807, 2.05) is 146 Å². The van der Waals surface area contributed by atoms with E-state index < -0.39 is 70.4 Å². The average molecular weight is 2300 g/mol. The Balaban J connectivity index is 1.35. The third kappa shape index (κ3) is 11.5. The average Bonchev–Trinajstić information content (AvgIpc) is 0.675. The Labute approximate surface area is 623 Å². The Morgan fingerprint density at radius 1 is 0.155 bits per heavy atom. The van der Waals surface area contributed by atoms with E-state index in [0.717, 1.165) is 0 Å². The molecule has 6 heterocycles. The maximum Gasteiger partial charge on any atom is 0.517 e. The highest BCUT2D eigenvalue weighted by molar-refractivity contribution is 9.13. The lowest BCUT2D eigenvalue weighted by Crippen LogP contribution is -2.96. The SMILES string of the molecule is Brc1ccc(Br)c([Si]23O[Si]4(c5cc(Br)ccc5Br)O[Si]5(c6cc(Br)ccc6Br)O[Si](c6cc(Br)ccc6Br)(O2)O[Si]2(c6cc(Br)ccc6Br)O[Si](c6cc(Br)ccc6Br)(O3)O[Si](c3cc(Br)ccc3Br)(O4)O[Si](c3cc(Br)ccc3Br)(O5)O2)c1. The van der Waals surface area contributed by atoms with E-state index >= 15 is 0 Å². The lowest BCUT2D eigenvalue weighted by atomic mass is 10.4. The molecular formula is C48H24Br16O12Si8. The highest BCUT2D eigenvalue weighted by atomic mass is 79.9. The van der Waals surface area contributed by atoms with Gasteiger partial charge >= 0.3 is 70.4 Å². The Bertz CT molecular complexity index is 3270. The van der Waals surface area contributed by atoms with Crippen LogP contribution in [0.3, 0.4) is 0 Å². The van der Waals surface area contributed by atoms with Gasteiger partial charge in [-0.3, -0.25) is 0 Å². The number of halogens is 16. The van der Waals surface area contributed by atoms with Gasteiger partial charge in [0, 0.05) is 113 Å². The van der Waals surface area contributed by atoms with Crippen LogP contribution in [0.4, 0.5) is 0 Å². The molecule has 432 valence electrons. The highest BCUT2D eigenvalue weighted by Crippen LogP contribution is 2.52. The van der Waals surface area contributed by atoms with E-state index in [1.165, 1.54) is 0 Å². The molecule has 0 aliphatic carbocycles. The minimum Gasteiger partial charge on any atom is -0.366 e. The third-order valence-electron chi connectivity index (χ3n) is 13.3. The van der Waals surface area contributed by atoms with Crippen LogP contribution < -0.4 is 41.5 Å². The van der Waals surface area contributed by atoms with Gasteiger partial charge in [0.2, 0.25) is 0 Å². The topological polar surface area (TPSA) is 111 Å². The van der Waals surface area contributed by atoms with Crippen LogP contribution in [0.2, 0.25) is 0 Å². The first-order chi connectivity index (χ1) is 39.8. The van der Waals surface area contributed by atoms with Gasteiger partial charge in [0.25, 0.3) is 0 Å². The van der Waals surface area contributed by atoms with Crippen molar-refractivity contribution in [2.24, 2.45) is 0 Å². The zero-order chi connectivity index (χ0) is 59.3. The van der Waals surface area contributed by atoms with Gasteiger partial charge in [-0.15, -0.1) is 0 Å². The molecule has 0 radical (unpaired) electrons. The quantitative estimate of drug-likeness (QED) is 0.135. The molecule has 8 bridgehead atoms. The fraction of sp³-hybridized carbons (Fsp3) is 0. The van der Waals surface area contributed by atoms with Gasteiger partial charge in [-0.2, -0.15) is 0 Å². The van der Waals surface area contributed by atoms with Crippen molar-refractivity contribution in [2.45, 2.75) is 0 Å². The summed E-state index contributed by atoms with van der Waals surface area (Å²) in [6, 6.07) is 44.9. The Kier molecular flexibility index (Phi) is 19.0. The summed E-state index contributed by atoms with van der Waals surface area (Å²) in [5, 5.41) is 3.03. The van der Waals surface area contributed by atoms with Crippen LogP contribution in [0.5, 0.6) is 0 Å². The molecule has 0 unspecified atom stereocenters. The second kappa shape index (κ2) is 24.4. The second-order valence-electron chi connectivity index (χ2n) is 18.7. The first kappa shape index (κ1) is 65.4. The summed E-state index contributed by atoms with van der Waals surface area (Å²) in [5.74, 6) is 0. The van der Waals surface area contributed by atoms with Gasteiger partial charge < -0.3 is 49.4 Å².